The molecular formula is C18H22N2O6S. The smallest absolute Gasteiger partial charge is 0.326 e. The first-order chi connectivity index (χ1) is 12.6. The number of hydrogen-bond donors (Lipinski definition) is 1. The van der Waals surface area contributed by atoms with Crippen molar-refractivity contribution in [2.75, 3.05) is 20.4 Å². The maximum Gasteiger partial charge on any atom is 0.326 e. The molecule has 0 aromatic heterocycles. The van der Waals surface area contributed by atoms with E-state index in [0.717, 1.165) is 11.2 Å². The molecule has 2 aliphatic heterocycles. The maximum atomic E-state index is 12.7. The number of nitrogens with one attached hydrogen (secondary N) is 1. The fourth-order valence-corrected chi connectivity index (χ4v) is 4.82. The highest BCUT2D eigenvalue weighted by molar-refractivity contribution is 7.90. The van der Waals surface area contributed by atoms with Crippen LogP contribution in [-0.4, -0.2) is 57.1 Å². The molecule has 2 heterocycles. The van der Waals surface area contributed by atoms with Crippen molar-refractivity contribution in [1.82, 2.24) is 10.2 Å². The molecule has 2 saturated heterocycles. The zero-order valence-corrected chi connectivity index (χ0v) is 16.4. The molecule has 0 radical (unpaired) electrons. The molecule has 0 bridgehead atoms. The SMILES string of the molecule is CC[C@@]1(C(=O)OC)N[C@H](c2ccc(S(C)(=O)=O)cc2)[C@@H]2C(=O)N(C)C(=O)[C@@H]21. The molecule has 1 aromatic rings. The standard InChI is InChI=1S/C18H22N2O6S/c1-5-18(17(23)26-3)13-12(15(21)20(2)16(13)22)14(19-18)10-6-8-11(9-7-10)27(4,24)25/h6-9,12-14,19H,5H2,1-4H3/t12-,13-,14-,18-/m1/s1. The van der Waals surface area contributed by atoms with Gasteiger partial charge in [-0.1, -0.05) is 19.1 Å². The van der Waals surface area contributed by atoms with Gasteiger partial charge in [0.25, 0.3) is 0 Å². The van der Waals surface area contributed by atoms with Crippen LogP contribution in [0.2, 0.25) is 0 Å². The third kappa shape index (κ3) is 2.76. The molecule has 2 aliphatic rings. The van der Waals surface area contributed by atoms with Gasteiger partial charge < -0.3 is 4.74 Å². The van der Waals surface area contributed by atoms with Crippen molar-refractivity contribution >= 4 is 27.6 Å². The predicted octanol–water partition coefficient (Wildman–Crippen LogP) is 0.287. The number of sulfone groups is 1. The molecule has 2 fully saturated rings. The summed E-state index contributed by atoms with van der Waals surface area (Å²) in [5.74, 6) is -3.00. The number of methoxy groups -OCH3 is 1. The molecule has 3 rings (SSSR count). The van der Waals surface area contributed by atoms with Crippen molar-refractivity contribution in [2.45, 2.75) is 29.8 Å². The number of likely N-dealkylation sites (tertiary alicyclic amines) is 1. The normalized spacial score (nSPS) is 30.5. The van der Waals surface area contributed by atoms with Gasteiger partial charge in [-0.2, -0.15) is 0 Å². The molecule has 27 heavy (non-hydrogen) atoms. The van der Waals surface area contributed by atoms with Gasteiger partial charge in [0.15, 0.2) is 9.84 Å². The van der Waals surface area contributed by atoms with E-state index in [1.807, 2.05) is 0 Å². The fourth-order valence-electron chi connectivity index (χ4n) is 4.19. The first kappa shape index (κ1) is 19.5. The molecule has 146 valence electrons. The van der Waals surface area contributed by atoms with Crippen LogP contribution in [0.15, 0.2) is 29.2 Å². The lowest BCUT2D eigenvalue weighted by Gasteiger charge is -2.30. The van der Waals surface area contributed by atoms with Crippen molar-refractivity contribution in [3.8, 4) is 0 Å². The van der Waals surface area contributed by atoms with E-state index >= 15 is 0 Å². The van der Waals surface area contributed by atoms with E-state index in [0.29, 0.717) is 5.56 Å². The van der Waals surface area contributed by atoms with Gasteiger partial charge in [-0.25, -0.2) is 8.42 Å². The monoisotopic (exact) mass is 394 g/mol. The number of imide groups is 1. The second-order valence-corrected chi connectivity index (χ2v) is 9.03. The van der Waals surface area contributed by atoms with Crippen LogP contribution in [0.25, 0.3) is 0 Å². The summed E-state index contributed by atoms with van der Waals surface area (Å²) in [5, 5.41) is 3.17. The topological polar surface area (TPSA) is 110 Å². The molecule has 8 nitrogen and oxygen atoms in total. The highest BCUT2D eigenvalue weighted by atomic mass is 32.2. The lowest BCUT2D eigenvalue weighted by atomic mass is 9.78. The molecular weight excluding hydrogens is 372 g/mol. The second kappa shape index (κ2) is 6.42. The van der Waals surface area contributed by atoms with Gasteiger partial charge in [0, 0.05) is 19.3 Å². The van der Waals surface area contributed by atoms with E-state index in [2.05, 4.69) is 5.32 Å². The Morgan fingerprint density at radius 2 is 1.81 bits per heavy atom. The van der Waals surface area contributed by atoms with E-state index < -0.39 is 45.1 Å². The number of esters is 1. The number of benzene rings is 1. The lowest BCUT2D eigenvalue weighted by Crippen LogP contribution is -2.55. The van der Waals surface area contributed by atoms with Crippen LogP contribution in [0, 0.1) is 11.8 Å². The van der Waals surface area contributed by atoms with Gasteiger partial charge in [0.2, 0.25) is 11.8 Å². The molecule has 4 atom stereocenters. The zero-order chi connectivity index (χ0) is 20.1. The highest BCUT2D eigenvalue weighted by Gasteiger charge is 2.67. The van der Waals surface area contributed by atoms with Gasteiger partial charge in [-0.15, -0.1) is 0 Å². The minimum atomic E-state index is -3.36. The maximum absolute atomic E-state index is 12.7. The highest BCUT2D eigenvalue weighted by Crippen LogP contribution is 2.50. The van der Waals surface area contributed by atoms with Crippen LogP contribution < -0.4 is 5.32 Å². The third-order valence-corrected chi connectivity index (χ3v) is 6.78. The molecule has 1 N–H and O–H groups in total. The number of carbonyl (C=O) groups excluding carboxylic acids is 3. The largest absolute Gasteiger partial charge is 0.468 e. The molecule has 1 aromatic carbocycles. The minimum Gasteiger partial charge on any atom is -0.468 e. The summed E-state index contributed by atoms with van der Waals surface area (Å²) in [7, 11) is -0.705. The first-order valence-corrected chi connectivity index (χ1v) is 10.4. The summed E-state index contributed by atoms with van der Waals surface area (Å²) in [4.78, 5) is 39.3. The number of fused-ring (bicyclic) bond motifs is 1. The van der Waals surface area contributed by atoms with Crippen LogP contribution in [0.5, 0.6) is 0 Å². The summed E-state index contributed by atoms with van der Waals surface area (Å²) in [6.45, 7) is 1.76. The fraction of sp³-hybridized carbons (Fsp3) is 0.500. The minimum absolute atomic E-state index is 0.154. The van der Waals surface area contributed by atoms with Crippen molar-refractivity contribution in [1.29, 1.82) is 0 Å². The van der Waals surface area contributed by atoms with Gasteiger partial charge in [0.05, 0.1) is 23.8 Å². The second-order valence-electron chi connectivity index (χ2n) is 7.02. The Morgan fingerprint density at radius 1 is 1.22 bits per heavy atom. The van der Waals surface area contributed by atoms with Crippen molar-refractivity contribution in [2.24, 2.45) is 11.8 Å². The van der Waals surface area contributed by atoms with Gasteiger partial charge in [0.1, 0.15) is 5.54 Å². The Labute approximate surface area is 157 Å². The van der Waals surface area contributed by atoms with E-state index in [1.54, 1.807) is 19.1 Å². The molecule has 0 unspecified atom stereocenters. The van der Waals surface area contributed by atoms with Crippen LogP contribution in [0.4, 0.5) is 0 Å². The first-order valence-electron chi connectivity index (χ1n) is 8.56. The Bertz CT molecular complexity index is 910. The summed E-state index contributed by atoms with van der Waals surface area (Å²) in [6, 6.07) is 5.50. The molecule has 9 heteroatoms. The van der Waals surface area contributed by atoms with Crippen LogP contribution in [-0.2, 0) is 29.0 Å². The van der Waals surface area contributed by atoms with Crippen molar-refractivity contribution < 1.29 is 27.5 Å². The summed E-state index contributed by atoms with van der Waals surface area (Å²) in [6.07, 6.45) is 1.38. The van der Waals surface area contributed by atoms with Gasteiger partial charge >= 0.3 is 5.97 Å². The number of rotatable bonds is 4. The average molecular weight is 394 g/mol. The Balaban J connectivity index is 2.10. The van der Waals surface area contributed by atoms with E-state index in [-0.39, 0.29) is 17.2 Å². The number of carbonyl (C=O) groups is 3. The average Bonchev–Trinajstić information content (AvgIpc) is 3.11. The Morgan fingerprint density at radius 3 is 2.30 bits per heavy atom. The third-order valence-electron chi connectivity index (χ3n) is 5.65. The molecule has 2 amide bonds. The Hall–Kier alpha value is -2.26. The summed E-state index contributed by atoms with van der Waals surface area (Å²) < 4.78 is 28.3. The quantitative estimate of drug-likeness (QED) is 0.577. The molecule has 0 saturated carbocycles. The number of nitrogens with zero attached hydrogens (tertiary/aromatic N) is 1. The number of hydrogen-bond acceptors (Lipinski definition) is 7. The molecule has 0 spiro atoms. The van der Waals surface area contributed by atoms with Gasteiger partial charge in [-0.3, -0.25) is 24.6 Å². The summed E-state index contributed by atoms with van der Waals surface area (Å²) in [5.41, 5.74) is -0.676. The van der Waals surface area contributed by atoms with Crippen molar-refractivity contribution in [3.05, 3.63) is 29.8 Å². The number of ether oxygens (including phenoxy) is 1. The van der Waals surface area contributed by atoms with Crippen molar-refractivity contribution in [3.63, 3.8) is 0 Å². The van der Waals surface area contributed by atoms with Crippen LogP contribution in [0.1, 0.15) is 24.9 Å². The number of amides is 2. The Kier molecular flexibility index (Phi) is 4.63. The lowest BCUT2D eigenvalue weighted by molar-refractivity contribution is -0.154. The van der Waals surface area contributed by atoms with Gasteiger partial charge in [-0.05, 0) is 24.1 Å². The summed E-state index contributed by atoms with van der Waals surface area (Å²) >= 11 is 0. The molecule has 0 aliphatic carbocycles. The van der Waals surface area contributed by atoms with E-state index in [9.17, 15) is 22.8 Å². The zero-order valence-electron chi connectivity index (χ0n) is 15.6. The van der Waals surface area contributed by atoms with E-state index in [1.165, 1.54) is 26.3 Å². The van der Waals surface area contributed by atoms with E-state index in [4.69, 9.17) is 4.74 Å². The van der Waals surface area contributed by atoms with Crippen LogP contribution >= 0.6 is 0 Å². The van der Waals surface area contributed by atoms with Crippen LogP contribution in [0.3, 0.4) is 0 Å². The predicted molar refractivity (Wildman–Crippen MR) is 95.2 cm³/mol.